The molecule has 2 N–H and O–H groups in total. The number of rotatable bonds is 2. The van der Waals surface area contributed by atoms with E-state index >= 15 is 0 Å². The molecule has 2 aromatic rings. The van der Waals surface area contributed by atoms with E-state index in [0.29, 0.717) is 5.56 Å². The van der Waals surface area contributed by atoms with Gasteiger partial charge in [0.1, 0.15) is 11.6 Å². The summed E-state index contributed by atoms with van der Waals surface area (Å²) >= 11 is 5.95. The van der Waals surface area contributed by atoms with Gasteiger partial charge >= 0.3 is 0 Å². The zero-order valence-corrected chi connectivity index (χ0v) is 12.0. The summed E-state index contributed by atoms with van der Waals surface area (Å²) in [5.41, 5.74) is 2.93. The molecule has 0 radical (unpaired) electrons. The fourth-order valence-electron chi connectivity index (χ4n) is 2.35. The van der Waals surface area contributed by atoms with Gasteiger partial charge in [-0.2, -0.15) is 0 Å². The van der Waals surface area contributed by atoms with Crippen LogP contribution in [-0.2, 0) is 13.0 Å². The molecule has 1 aliphatic rings. The van der Waals surface area contributed by atoms with Gasteiger partial charge in [-0.05, 0) is 47.9 Å². The maximum absolute atomic E-state index is 14.3. The first-order chi connectivity index (χ1) is 10.1. The second-order valence-electron chi connectivity index (χ2n) is 4.94. The minimum Gasteiger partial charge on any atom is -0.506 e. The number of nitrogens with one attached hydrogen (secondary N) is 1. The van der Waals surface area contributed by atoms with E-state index < -0.39 is 5.83 Å². The lowest BCUT2D eigenvalue weighted by molar-refractivity contribution is 0.475. The van der Waals surface area contributed by atoms with Gasteiger partial charge in [-0.1, -0.05) is 23.7 Å². The van der Waals surface area contributed by atoms with Gasteiger partial charge in [0, 0.05) is 12.7 Å². The van der Waals surface area contributed by atoms with Crippen LogP contribution < -0.4 is 5.32 Å². The number of aromatic hydroxyl groups is 1. The molecule has 0 fully saturated rings. The van der Waals surface area contributed by atoms with Crippen molar-refractivity contribution in [2.45, 2.75) is 13.0 Å². The number of hydrogen-bond donors (Lipinski definition) is 2. The summed E-state index contributed by atoms with van der Waals surface area (Å²) in [5.74, 6) is -0.536. The quantitative estimate of drug-likeness (QED) is 0.892. The molecule has 0 atom stereocenters. The smallest absolute Gasteiger partial charge is 0.149 e. The van der Waals surface area contributed by atoms with Crippen molar-refractivity contribution < 1.29 is 9.50 Å². The van der Waals surface area contributed by atoms with Gasteiger partial charge in [-0.3, -0.25) is 4.98 Å². The van der Waals surface area contributed by atoms with Crippen LogP contribution in [0, 0.1) is 0 Å². The molecule has 0 amide bonds. The van der Waals surface area contributed by atoms with Crippen molar-refractivity contribution in [3.8, 4) is 5.75 Å². The molecule has 21 heavy (non-hydrogen) atoms. The van der Waals surface area contributed by atoms with E-state index in [1.54, 1.807) is 24.4 Å². The number of benzene rings is 1. The van der Waals surface area contributed by atoms with Crippen LogP contribution in [0.5, 0.6) is 5.75 Å². The standard InChI is InChI=1S/C16H14ClFN2O/c17-16-11(2-1-3-15(16)21)6-13(18)14-7-10-4-5-19-8-12(10)9-20-14/h1-3,6-7,9,19,21H,4-5,8H2. The number of aromatic nitrogens is 1. The first-order valence-electron chi connectivity index (χ1n) is 6.68. The SMILES string of the molecule is Oc1cccc(C=C(F)c2cc3c(cn2)CNCC3)c1Cl. The maximum atomic E-state index is 14.3. The van der Waals surface area contributed by atoms with Crippen LogP contribution >= 0.6 is 11.6 Å². The molecule has 5 heteroatoms. The van der Waals surface area contributed by atoms with Crippen LogP contribution in [-0.4, -0.2) is 16.6 Å². The predicted molar refractivity (Wildman–Crippen MR) is 81.7 cm³/mol. The topological polar surface area (TPSA) is 45.2 Å². The third-order valence-corrected chi connectivity index (χ3v) is 3.92. The lowest BCUT2D eigenvalue weighted by Crippen LogP contribution is -2.23. The van der Waals surface area contributed by atoms with Gasteiger partial charge in [0.25, 0.3) is 0 Å². The number of phenolic OH excluding ortho intramolecular Hbond substituents is 1. The summed E-state index contributed by atoms with van der Waals surface area (Å²) in [6.45, 7) is 1.66. The fourth-order valence-corrected chi connectivity index (χ4v) is 2.53. The first kappa shape index (κ1) is 14.0. The molecule has 0 spiro atoms. The molecule has 0 saturated carbocycles. The Morgan fingerprint density at radius 3 is 3.10 bits per heavy atom. The molecular formula is C16H14ClFN2O. The van der Waals surface area contributed by atoms with Gasteiger partial charge in [0.2, 0.25) is 0 Å². The van der Waals surface area contributed by atoms with Crippen LogP contribution in [0.3, 0.4) is 0 Å². The summed E-state index contributed by atoms with van der Waals surface area (Å²) in [5, 5.41) is 12.9. The molecule has 108 valence electrons. The summed E-state index contributed by atoms with van der Waals surface area (Å²) < 4.78 is 14.3. The highest BCUT2D eigenvalue weighted by Crippen LogP contribution is 2.30. The number of nitrogens with zero attached hydrogens (tertiary/aromatic N) is 1. The summed E-state index contributed by atoms with van der Waals surface area (Å²) in [4.78, 5) is 4.15. The lowest BCUT2D eigenvalue weighted by Gasteiger charge is -2.16. The molecule has 3 nitrogen and oxygen atoms in total. The molecule has 2 heterocycles. The van der Waals surface area contributed by atoms with Gasteiger partial charge in [-0.15, -0.1) is 0 Å². The summed E-state index contributed by atoms with van der Waals surface area (Å²) in [6.07, 6.45) is 3.86. The third kappa shape index (κ3) is 2.91. The summed E-state index contributed by atoms with van der Waals surface area (Å²) in [7, 11) is 0. The van der Waals surface area contributed by atoms with Crippen molar-refractivity contribution in [1.82, 2.24) is 10.3 Å². The molecule has 1 aromatic heterocycles. The Bertz CT molecular complexity index is 715. The number of hydrogen-bond acceptors (Lipinski definition) is 3. The highest BCUT2D eigenvalue weighted by Gasteiger charge is 2.12. The van der Waals surface area contributed by atoms with Gasteiger partial charge in [0.15, 0.2) is 0 Å². The van der Waals surface area contributed by atoms with E-state index in [0.717, 1.165) is 30.6 Å². The average Bonchev–Trinajstić information content (AvgIpc) is 2.51. The Balaban J connectivity index is 1.96. The minimum atomic E-state index is -0.469. The Hall–Kier alpha value is -1.91. The van der Waals surface area contributed by atoms with E-state index in [-0.39, 0.29) is 16.5 Å². The van der Waals surface area contributed by atoms with Crippen LogP contribution in [0.2, 0.25) is 5.02 Å². The number of halogens is 2. The fraction of sp³-hybridized carbons (Fsp3) is 0.188. The van der Waals surface area contributed by atoms with E-state index in [9.17, 15) is 9.50 Å². The van der Waals surface area contributed by atoms with Crippen LogP contribution in [0.4, 0.5) is 4.39 Å². The van der Waals surface area contributed by atoms with Crippen LogP contribution in [0.1, 0.15) is 22.4 Å². The maximum Gasteiger partial charge on any atom is 0.149 e. The molecule has 0 unspecified atom stereocenters. The zero-order chi connectivity index (χ0) is 14.8. The second-order valence-corrected chi connectivity index (χ2v) is 5.32. The van der Waals surface area contributed by atoms with Gasteiger partial charge < -0.3 is 10.4 Å². The predicted octanol–water partition coefficient (Wildman–Crippen LogP) is 3.55. The average molecular weight is 305 g/mol. The highest BCUT2D eigenvalue weighted by molar-refractivity contribution is 6.33. The molecule has 0 saturated heterocycles. The van der Waals surface area contributed by atoms with Crippen molar-refractivity contribution >= 4 is 23.5 Å². The first-order valence-corrected chi connectivity index (χ1v) is 7.06. The van der Waals surface area contributed by atoms with E-state index in [1.165, 1.54) is 12.1 Å². The minimum absolute atomic E-state index is 0.0670. The second kappa shape index (κ2) is 5.84. The Morgan fingerprint density at radius 2 is 2.24 bits per heavy atom. The monoisotopic (exact) mass is 304 g/mol. The Labute approximate surface area is 127 Å². The van der Waals surface area contributed by atoms with Crippen molar-refractivity contribution in [2.75, 3.05) is 6.54 Å². The van der Waals surface area contributed by atoms with Gasteiger partial charge in [-0.25, -0.2) is 4.39 Å². The number of fused-ring (bicyclic) bond motifs is 1. The highest BCUT2D eigenvalue weighted by atomic mass is 35.5. The van der Waals surface area contributed by atoms with E-state index in [1.807, 2.05) is 0 Å². The van der Waals surface area contributed by atoms with Crippen LogP contribution in [0.15, 0.2) is 30.5 Å². The molecular weight excluding hydrogens is 291 g/mol. The van der Waals surface area contributed by atoms with Crippen LogP contribution in [0.25, 0.3) is 11.9 Å². The molecule has 0 bridgehead atoms. The molecule has 0 aliphatic carbocycles. The number of pyridine rings is 1. The van der Waals surface area contributed by atoms with Crippen molar-refractivity contribution in [3.05, 3.63) is 57.9 Å². The van der Waals surface area contributed by atoms with Crippen molar-refractivity contribution in [3.63, 3.8) is 0 Å². The van der Waals surface area contributed by atoms with E-state index in [2.05, 4.69) is 10.3 Å². The molecule has 1 aromatic carbocycles. The largest absolute Gasteiger partial charge is 0.506 e. The van der Waals surface area contributed by atoms with Crippen molar-refractivity contribution in [2.24, 2.45) is 0 Å². The summed E-state index contributed by atoms with van der Waals surface area (Å²) in [6, 6.07) is 6.50. The molecule has 1 aliphatic heterocycles. The van der Waals surface area contributed by atoms with Crippen molar-refractivity contribution in [1.29, 1.82) is 0 Å². The lowest BCUT2D eigenvalue weighted by atomic mass is 10.0. The van der Waals surface area contributed by atoms with E-state index in [4.69, 9.17) is 11.6 Å². The van der Waals surface area contributed by atoms with Gasteiger partial charge in [0.05, 0.1) is 10.7 Å². The Morgan fingerprint density at radius 1 is 1.38 bits per heavy atom. The Kier molecular flexibility index (Phi) is 3.90. The third-order valence-electron chi connectivity index (χ3n) is 3.50. The normalized spacial score (nSPS) is 14.9. The number of phenols is 1. The zero-order valence-electron chi connectivity index (χ0n) is 11.2. The molecule has 3 rings (SSSR count).